The van der Waals surface area contributed by atoms with Gasteiger partial charge in [-0.05, 0) is 74.4 Å². The van der Waals surface area contributed by atoms with Crippen molar-refractivity contribution in [2.45, 2.75) is 84.2 Å². The summed E-state index contributed by atoms with van der Waals surface area (Å²) in [6.07, 6.45) is 6.22. The second-order valence-corrected chi connectivity index (χ2v) is 9.14. The van der Waals surface area contributed by atoms with Crippen molar-refractivity contribution in [2.75, 3.05) is 20.2 Å². The Kier molecular flexibility index (Phi) is 8.08. The second kappa shape index (κ2) is 9.05. The Bertz CT molecular complexity index is 562. The minimum Gasteiger partial charge on any atom is -0.412 e. The normalized spacial score (nSPS) is 22.0. The summed E-state index contributed by atoms with van der Waals surface area (Å²) >= 11 is 0. The summed E-state index contributed by atoms with van der Waals surface area (Å²) in [5.41, 5.74) is 0.463. The topological polar surface area (TPSA) is 89.0 Å². The quantitative estimate of drug-likeness (QED) is 0.786. The molecule has 156 valence electrons. The molecule has 3 heterocycles. The maximum atomic E-state index is 6.06. The Labute approximate surface area is 164 Å². The van der Waals surface area contributed by atoms with E-state index in [2.05, 4.69) is 49.0 Å². The van der Waals surface area contributed by atoms with E-state index in [1.165, 1.54) is 0 Å². The molecule has 0 unspecified atom stereocenters. The Morgan fingerprint density at radius 2 is 1.63 bits per heavy atom. The average molecular weight is 383 g/mol. The monoisotopic (exact) mass is 383 g/mol. The van der Waals surface area contributed by atoms with E-state index in [4.69, 9.17) is 14.0 Å². The van der Waals surface area contributed by atoms with Crippen molar-refractivity contribution in [3.63, 3.8) is 0 Å². The van der Waals surface area contributed by atoms with Gasteiger partial charge in [-0.3, -0.25) is 4.68 Å². The van der Waals surface area contributed by atoms with Crippen LogP contribution >= 0.6 is 0 Å². The van der Waals surface area contributed by atoms with Crippen molar-refractivity contribution in [3.8, 4) is 0 Å². The highest BCUT2D eigenvalue weighted by atomic mass is 16.7. The van der Waals surface area contributed by atoms with E-state index >= 15 is 0 Å². The Balaban J connectivity index is 0.000000456. The molecule has 3 rings (SSSR count). The zero-order chi connectivity index (χ0) is 19.6. The number of ether oxygens (including phenoxy) is 1. The first-order valence-corrected chi connectivity index (χ1v) is 9.61. The molecular formula is C19H38BN3O4. The highest BCUT2D eigenvalue weighted by Crippen LogP contribution is 2.36. The molecule has 0 saturated carbocycles. The van der Waals surface area contributed by atoms with Crippen LogP contribution in [0.3, 0.4) is 0 Å². The van der Waals surface area contributed by atoms with Crippen molar-refractivity contribution >= 4 is 12.6 Å². The average Bonchev–Trinajstić information content (AvgIpc) is 3.11. The molecule has 0 spiro atoms. The van der Waals surface area contributed by atoms with Crippen LogP contribution in [0.15, 0.2) is 12.4 Å². The molecule has 2 saturated heterocycles. The molecule has 1 aromatic rings. The molecule has 1 aromatic heterocycles. The molecule has 0 amide bonds. The smallest absolute Gasteiger partial charge is 0.412 e. The van der Waals surface area contributed by atoms with Crippen molar-refractivity contribution in [1.82, 2.24) is 15.1 Å². The summed E-state index contributed by atoms with van der Waals surface area (Å²) in [5.74, 6) is 0. The van der Waals surface area contributed by atoms with Gasteiger partial charge in [0.2, 0.25) is 0 Å². The van der Waals surface area contributed by atoms with Gasteiger partial charge in [0.1, 0.15) is 0 Å². The lowest BCUT2D eigenvalue weighted by Crippen LogP contribution is -2.41. The highest BCUT2D eigenvalue weighted by molar-refractivity contribution is 6.62. The first-order chi connectivity index (χ1) is 12.0. The standard InChI is InChI=1S/C14H24BN3O2.C5H12O.H2O/c1-13(2)14(3,4)20-15(19-13)11-9-17-18(10-11)12-5-7-16-8-6-12;1-5(2,3)6-4;/h9-10,12,16H,5-8H2,1-4H3;1-4H3;1H2. The van der Waals surface area contributed by atoms with Gasteiger partial charge in [0.15, 0.2) is 0 Å². The van der Waals surface area contributed by atoms with Gasteiger partial charge in [0, 0.05) is 25.0 Å². The molecule has 0 aromatic carbocycles. The van der Waals surface area contributed by atoms with E-state index in [0.29, 0.717) is 6.04 Å². The van der Waals surface area contributed by atoms with Crippen molar-refractivity contribution in [3.05, 3.63) is 12.4 Å². The van der Waals surface area contributed by atoms with Crippen LogP contribution in [-0.4, -0.2) is 59.4 Å². The molecule has 3 N–H and O–H groups in total. The fraction of sp³-hybridized carbons (Fsp3) is 0.842. The van der Waals surface area contributed by atoms with Gasteiger partial charge in [-0.25, -0.2) is 0 Å². The maximum absolute atomic E-state index is 6.06. The van der Waals surface area contributed by atoms with Crippen LogP contribution in [0.4, 0.5) is 0 Å². The Hall–Kier alpha value is -0.925. The summed E-state index contributed by atoms with van der Waals surface area (Å²) in [6.45, 7) is 16.5. The number of rotatable bonds is 2. The van der Waals surface area contributed by atoms with E-state index in [9.17, 15) is 0 Å². The molecule has 0 bridgehead atoms. The number of hydrogen-bond donors (Lipinski definition) is 1. The Morgan fingerprint density at radius 1 is 1.15 bits per heavy atom. The molecule has 0 aliphatic carbocycles. The van der Waals surface area contributed by atoms with Gasteiger partial charge >= 0.3 is 7.12 Å². The van der Waals surface area contributed by atoms with Gasteiger partial charge in [-0.2, -0.15) is 5.10 Å². The number of hydrogen-bond acceptors (Lipinski definition) is 5. The minimum absolute atomic E-state index is 0. The fourth-order valence-electron chi connectivity index (χ4n) is 2.72. The predicted molar refractivity (Wildman–Crippen MR) is 109 cm³/mol. The van der Waals surface area contributed by atoms with Crippen molar-refractivity contribution in [2.24, 2.45) is 0 Å². The lowest BCUT2D eigenvalue weighted by molar-refractivity contribution is 0.00578. The molecule has 8 heteroatoms. The van der Waals surface area contributed by atoms with Gasteiger partial charge in [-0.15, -0.1) is 0 Å². The number of methoxy groups -OCH3 is 1. The van der Waals surface area contributed by atoms with E-state index in [-0.39, 0.29) is 29.4 Å². The van der Waals surface area contributed by atoms with Crippen molar-refractivity contribution < 1.29 is 19.5 Å². The molecular weight excluding hydrogens is 345 g/mol. The van der Waals surface area contributed by atoms with Crippen LogP contribution in [0.5, 0.6) is 0 Å². The summed E-state index contributed by atoms with van der Waals surface area (Å²) in [6, 6.07) is 0.493. The van der Waals surface area contributed by atoms with E-state index in [0.717, 1.165) is 31.4 Å². The largest absolute Gasteiger partial charge is 0.498 e. The van der Waals surface area contributed by atoms with Crippen LogP contribution in [0, 0.1) is 0 Å². The third-order valence-corrected chi connectivity index (χ3v) is 5.44. The molecule has 0 radical (unpaired) electrons. The second-order valence-electron chi connectivity index (χ2n) is 9.14. The van der Waals surface area contributed by atoms with E-state index < -0.39 is 0 Å². The first-order valence-electron chi connectivity index (χ1n) is 9.61. The lowest BCUT2D eigenvalue weighted by Gasteiger charge is -2.32. The Morgan fingerprint density at radius 3 is 2.07 bits per heavy atom. The van der Waals surface area contributed by atoms with Crippen LogP contribution in [0.1, 0.15) is 67.3 Å². The van der Waals surface area contributed by atoms with E-state index in [1.807, 2.05) is 27.0 Å². The van der Waals surface area contributed by atoms with Crippen LogP contribution < -0.4 is 10.8 Å². The molecule has 2 aliphatic rings. The number of piperidine rings is 1. The maximum Gasteiger partial charge on any atom is 0.498 e. The van der Waals surface area contributed by atoms with E-state index in [1.54, 1.807) is 7.11 Å². The SMILES string of the molecule is CC1(C)OB(c2cnn(C3CCNCC3)c2)OC1(C)C.COC(C)(C)C.O. The van der Waals surface area contributed by atoms with Gasteiger partial charge in [0.05, 0.1) is 22.8 Å². The third-order valence-electron chi connectivity index (χ3n) is 5.44. The third kappa shape index (κ3) is 6.29. The van der Waals surface area contributed by atoms with Crippen molar-refractivity contribution in [1.29, 1.82) is 0 Å². The summed E-state index contributed by atoms with van der Waals surface area (Å²) in [4.78, 5) is 0. The molecule has 2 aliphatic heterocycles. The first kappa shape index (κ1) is 24.1. The molecule has 7 nitrogen and oxygen atoms in total. The molecule has 2 fully saturated rings. The summed E-state index contributed by atoms with van der Waals surface area (Å²) in [7, 11) is 1.40. The van der Waals surface area contributed by atoms with Crippen LogP contribution in [0.25, 0.3) is 0 Å². The minimum atomic E-state index is -0.310. The fourth-order valence-corrected chi connectivity index (χ4v) is 2.72. The summed E-state index contributed by atoms with van der Waals surface area (Å²) < 4.78 is 19.1. The van der Waals surface area contributed by atoms with Crippen LogP contribution in [0.2, 0.25) is 0 Å². The lowest BCUT2D eigenvalue weighted by atomic mass is 9.82. The van der Waals surface area contributed by atoms with Gasteiger partial charge in [-0.1, -0.05) is 0 Å². The number of aromatic nitrogens is 2. The van der Waals surface area contributed by atoms with Gasteiger partial charge < -0.3 is 24.8 Å². The van der Waals surface area contributed by atoms with Crippen LogP contribution in [-0.2, 0) is 14.0 Å². The van der Waals surface area contributed by atoms with Gasteiger partial charge in [0.25, 0.3) is 0 Å². The zero-order valence-corrected chi connectivity index (χ0v) is 18.3. The highest BCUT2D eigenvalue weighted by Gasteiger charge is 2.52. The predicted octanol–water partition coefficient (Wildman–Crippen LogP) is 1.71. The summed E-state index contributed by atoms with van der Waals surface area (Å²) in [5, 5.41) is 7.89. The number of nitrogens with one attached hydrogen (secondary N) is 1. The zero-order valence-electron chi connectivity index (χ0n) is 18.3. The molecule has 27 heavy (non-hydrogen) atoms. The molecule has 0 atom stereocenters. The number of nitrogens with zero attached hydrogens (tertiary/aromatic N) is 2.